The van der Waals surface area contributed by atoms with Gasteiger partial charge >= 0.3 is 0 Å². The summed E-state index contributed by atoms with van der Waals surface area (Å²) in [5.74, 6) is 0. The molecule has 0 unspecified atom stereocenters. The minimum Gasteiger partial charge on any atom is -0.724 e. The van der Waals surface area contributed by atoms with Gasteiger partial charge in [0.15, 0.2) is 0 Å². The second-order valence-corrected chi connectivity index (χ2v) is 0.183. The number of rotatable bonds is 0. The second-order valence-electron chi connectivity index (χ2n) is 0.183. The Morgan fingerprint density at radius 2 is 0.438 bits per heavy atom. The summed E-state index contributed by atoms with van der Waals surface area (Å²) in [5.41, 5.74) is 0. The van der Waals surface area contributed by atoms with Crippen LogP contribution < -0.4 is 0 Å². The lowest BCUT2D eigenvalue weighted by molar-refractivity contribution is 0.568. The first-order chi connectivity index (χ1) is 2.83. The van der Waals surface area contributed by atoms with Gasteiger partial charge in [-0.25, -0.2) is 0 Å². The second kappa shape index (κ2) is 3880. The standard InChI is InChI=1S/2CNO.10CH4/c2*2-1-3;;;;;;;;;;/h;;10*1H4/q2*-1;;;;;;;;;;. The lowest BCUT2D eigenvalue weighted by Crippen LogP contribution is -1.13. The van der Waals surface area contributed by atoms with E-state index >= 15 is 0 Å². The van der Waals surface area contributed by atoms with Crippen molar-refractivity contribution in [3.05, 3.63) is 10.8 Å². The van der Waals surface area contributed by atoms with Crippen LogP contribution in [0, 0.1) is 0 Å². The predicted octanol–water partition coefficient (Wildman–Crippen LogP) is 6.14. The fourth-order valence-electron chi connectivity index (χ4n) is 0. The summed E-state index contributed by atoms with van der Waals surface area (Å²) in [6.07, 6.45) is 1.00. The molecular formula is C12H40N2O2-2. The minimum atomic E-state index is 0. The predicted molar refractivity (Wildman–Crippen MR) is 85.4 cm³/mol. The van der Waals surface area contributed by atoms with E-state index in [9.17, 15) is 0 Å². The van der Waals surface area contributed by atoms with Gasteiger partial charge in [0, 0.05) is 0 Å². The highest BCUT2D eigenvalue weighted by Crippen LogP contribution is 0.952. The number of hydrogen-bond donors (Lipinski definition) is 0. The summed E-state index contributed by atoms with van der Waals surface area (Å²) in [7, 11) is 0. The van der Waals surface area contributed by atoms with E-state index in [2.05, 4.69) is 0 Å². The van der Waals surface area contributed by atoms with Crippen LogP contribution in [0.5, 0.6) is 0 Å². The van der Waals surface area contributed by atoms with Crippen molar-refractivity contribution in [2.75, 3.05) is 0 Å². The van der Waals surface area contributed by atoms with Gasteiger partial charge in [0.2, 0.25) is 0 Å². The van der Waals surface area contributed by atoms with E-state index in [4.69, 9.17) is 20.4 Å². The van der Waals surface area contributed by atoms with Gasteiger partial charge in [-0.3, -0.25) is 9.59 Å². The van der Waals surface area contributed by atoms with E-state index in [0.29, 0.717) is 12.2 Å². The lowest BCUT2D eigenvalue weighted by Gasteiger charge is -1.32. The zero-order valence-corrected chi connectivity index (χ0v) is 2.71. The molecular weight excluding hydrogens is 204 g/mol. The summed E-state index contributed by atoms with van der Waals surface area (Å²) in [4.78, 5) is 16.5. The number of hydrogen-bond acceptors (Lipinski definition) is 2. The van der Waals surface area contributed by atoms with Crippen molar-refractivity contribution in [1.82, 2.24) is 0 Å². The fourth-order valence-corrected chi connectivity index (χ4v) is 0. The summed E-state index contributed by atoms with van der Waals surface area (Å²) < 4.78 is 0. The Morgan fingerprint density at radius 3 is 0.438 bits per heavy atom. The van der Waals surface area contributed by atoms with E-state index in [0.717, 1.165) is 0 Å². The molecule has 4 heteroatoms. The van der Waals surface area contributed by atoms with E-state index in [1.165, 1.54) is 0 Å². The van der Waals surface area contributed by atoms with Gasteiger partial charge < -0.3 is 10.8 Å². The molecule has 0 aliphatic carbocycles. The van der Waals surface area contributed by atoms with Crippen LogP contribution in [0.2, 0.25) is 0 Å². The molecule has 0 aliphatic heterocycles. The maximum absolute atomic E-state index is 8.24. The van der Waals surface area contributed by atoms with Crippen LogP contribution in [0.15, 0.2) is 0 Å². The van der Waals surface area contributed by atoms with Crippen LogP contribution in [0.1, 0.15) is 74.3 Å². The summed E-state index contributed by atoms with van der Waals surface area (Å²) in [6, 6.07) is 0. The zero-order valence-electron chi connectivity index (χ0n) is 2.71. The van der Waals surface area contributed by atoms with E-state index in [1.807, 2.05) is 0 Å². The molecule has 0 saturated heterocycles. The molecule has 0 amide bonds. The Balaban J connectivity index is -0.00000000123. The van der Waals surface area contributed by atoms with Crippen molar-refractivity contribution in [2.45, 2.75) is 74.3 Å². The minimum absolute atomic E-state index is 0. The first-order valence-electron chi connectivity index (χ1n) is 0.855. The summed E-state index contributed by atoms with van der Waals surface area (Å²) in [5, 5.41) is 13.5. The molecule has 0 saturated carbocycles. The van der Waals surface area contributed by atoms with E-state index < -0.39 is 0 Å². The maximum Gasteiger partial charge on any atom is -0.0159 e. The normalized spacial score (nSPS) is 1.00. The highest BCUT2D eigenvalue weighted by molar-refractivity contribution is 5.37. The van der Waals surface area contributed by atoms with Crippen molar-refractivity contribution in [3.63, 3.8) is 0 Å². The average Bonchev–Trinajstić information content (AvgIpc) is 1.39. The van der Waals surface area contributed by atoms with Crippen molar-refractivity contribution < 1.29 is 9.59 Å². The molecule has 0 aliphatic rings. The van der Waals surface area contributed by atoms with Crippen LogP contribution in [-0.2, 0) is 9.59 Å². The first-order valence-corrected chi connectivity index (χ1v) is 0.855. The average molecular weight is 244 g/mol. The molecule has 0 heterocycles. The quantitative estimate of drug-likeness (QED) is 0.378. The number of carbonyl (C=O) groups excluding carboxylic acids is 2. The topological polar surface area (TPSA) is 78.7 Å². The van der Waals surface area contributed by atoms with Crippen molar-refractivity contribution in [1.29, 1.82) is 0 Å². The molecule has 0 aromatic carbocycles. The van der Waals surface area contributed by atoms with Crippen molar-refractivity contribution in [2.24, 2.45) is 0 Å². The Kier molecular flexibility index (Phi) is 88900. The SMILES string of the molecule is C.C.C.C.C.C.C.C.C.C.[N-]=C=O.[N-]=C=O. The first kappa shape index (κ1) is 367. The monoisotopic (exact) mass is 244 g/mol. The van der Waals surface area contributed by atoms with Crippen LogP contribution in [0.25, 0.3) is 10.8 Å². The molecule has 0 radical (unpaired) electrons. The number of nitrogens with zero attached hydrogens (tertiary/aromatic N) is 2. The van der Waals surface area contributed by atoms with Gasteiger partial charge in [0.05, 0.1) is 0 Å². The lowest BCUT2D eigenvalue weighted by atomic mass is 11.7. The molecule has 4 nitrogen and oxygen atoms in total. The largest absolute Gasteiger partial charge is 0.724 e. The Labute approximate surface area is 108 Å². The molecule has 0 N–H and O–H groups in total. The Hall–Kier alpha value is -1.24. The molecule has 0 bridgehead atoms. The highest BCUT2D eigenvalue weighted by Gasteiger charge is 0.794. The Morgan fingerprint density at radius 1 is 0.438 bits per heavy atom. The molecule has 0 fully saturated rings. The van der Waals surface area contributed by atoms with Gasteiger partial charge in [0.25, 0.3) is 0 Å². The van der Waals surface area contributed by atoms with Crippen molar-refractivity contribution in [3.8, 4) is 0 Å². The van der Waals surface area contributed by atoms with Gasteiger partial charge in [-0.15, -0.1) is 0 Å². The van der Waals surface area contributed by atoms with Crippen molar-refractivity contribution >= 4 is 12.2 Å². The smallest absolute Gasteiger partial charge is 0.0159 e. The molecule has 112 valence electrons. The molecule has 16 heavy (non-hydrogen) atoms. The molecule has 0 atom stereocenters. The Bertz CT molecular complexity index is 71.0. The molecule has 0 aromatic heterocycles. The zero-order chi connectivity index (χ0) is 5.41. The number of isocyanates is 2. The van der Waals surface area contributed by atoms with E-state index in [-0.39, 0.29) is 74.3 Å². The van der Waals surface area contributed by atoms with E-state index in [1.54, 1.807) is 0 Å². The van der Waals surface area contributed by atoms with Gasteiger partial charge in [-0.2, -0.15) is 0 Å². The summed E-state index contributed by atoms with van der Waals surface area (Å²) in [6.45, 7) is 0. The maximum atomic E-state index is 8.24. The van der Waals surface area contributed by atoms with Crippen LogP contribution in [0.3, 0.4) is 0 Å². The van der Waals surface area contributed by atoms with Gasteiger partial charge in [-0.1, -0.05) is 74.3 Å². The van der Waals surface area contributed by atoms with Crippen LogP contribution >= 0.6 is 0 Å². The molecule has 0 aromatic rings. The summed E-state index contributed by atoms with van der Waals surface area (Å²) >= 11 is 0. The highest BCUT2D eigenvalue weighted by atomic mass is 16.1. The molecule has 0 spiro atoms. The molecule has 0 rings (SSSR count). The third-order valence-corrected chi connectivity index (χ3v) is 0. The van der Waals surface area contributed by atoms with Crippen LogP contribution in [-0.4, -0.2) is 12.2 Å². The fraction of sp³-hybridized carbons (Fsp3) is 0.833. The third kappa shape index (κ3) is 1150. The van der Waals surface area contributed by atoms with Gasteiger partial charge in [-0.05, 0) is 12.2 Å². The third-order valence-electron chi connectivity index (χ3n) is 0. The van der Waals surface area contributed by atoms with Crippen LogP contribution in [0.4, 0.5) is 0 Å². The van der Waals surface area contributed by atoms with Gasteiger partial charge in [0.1, 0.15) is 0 Å².